The minimum absolute atomic E-state index is 0.230. The number of rotatable bonds is 5. The van der Waals surface area contributed by atoms with Gasteiger partial charge in [-0.15, -0.1) is 0 Å². The summed E-state index contributed by atoms with van der Waals surface area (Å²) in [6.07, 6.45) is 1.00. The van der Waals surface area contributed by atoms with Crippen LogP contribution >= 0.6 is 0 Å². The van der Waals surface area contributed by atoms with Crippen LogP contribution < -0.4 is 16.8 Å². The third kappa shape index (κ3) is 5.62. The van der Waals surface area contributed by atoms with E-state index in [4.69, 9.17) is 11.5 Å². The van der Waals surface area contributed by atoms with E-state index < -0.39 is 6.03 Å². The maximum Gasteiger partial charge on any atom is 0.318 e. The summed E-state index contributed by atoms with van der Waals surface area (Å²) in [4.78, 5) is 26.1. The van der Waals surface area contributed by atoms with Crippen molar-refractivity contribution in [2.24, 2.45) is 11.5 Å². The minimum Gasteiger partial charge on any atom is -0.351 e. The summed E-state index contributed by atoms with van der Waals surface area (Å²) in [5.41, 5.74) is 10.3. The molecule has 17 heavy (non-hydrogen) atoms. The van der Waals surface area contributed by atoms with Crippen LogP contribution in [0.3, 0.4) is 0 Å². The highest BCUT2D eigenvalue weighted by Crippen LogP contribution is 2.01. The highest BCUT2D eigenvalue weighted by molar-refractivity contribution is 5.94. The van der Waals surface area contributed by atoms with Crippen LogP contribution in [0.25, 0.3) is 0 Å². The summed E-state index contributed by atoms with van der Waals surface area (Å²) >= 11 is 0. The summed E-state index contributed by atoms with van der Waals surface area (Å²) < 4.78 is 0. The van der Waals surface area contributed by atoms with Crippen molar-refractivity contribution in [3.05, 3.63) is 0 Å². The van der Waals surface area contributed by atoms with Crippen molar-refractivity contribution < 1.29 is 9.59 Å². The number of carbonyl (C=O) groups is 2. The second-order valence-corrected chi connectivity index (χ2v) is 4.17. The van der Waals surface area contributed by atoms with Gasteiger partial charge in [0.25, 0.3) is 0 Å². The molecule has 1 saturated heterocycles. The summed E-state index contributed by atoms with van der Waals surface area (Å²) in [7, 11) is 0. The number of hydrogen-bond donors (Lipinski definition) is 3. The van der Waals surface area contributed by atoms with Crippen LogP contribution in [0.5, 0.6) is 0 Å². The van der Waals surface area contributed by atoms with E-state index in [1.54, 1.807) is 0 Å². The molecule has 0 saturated carbocycles. The molecule has 1 heterocycles. The Morgan fingerprint density at radius 3 is 2.24 bits per heavy atom. The average Bonchev–Trinajstić information content (AvgIpc) is 2.27. The molecule has 0 radical (unpaired) electrons. The predicted octanol–water partition coefficient (Wildman–Crippen LogP) is -1.85. The molecule has 1 aliphatic rings. The van der Waals surface area contributed by atoms with Crippen LogP contribution in [0.1, 0.15) is 6.42 Å². The highest BCUT2D eigenvalue weighted by atomic mass is 16.2. The molecule has 7 nitrogen and oxygen atoms in total. The lowest BCUT2D eigenvalue weighted by Gasteiger charge is -2.34. The number of amides is 3. The molecule has 0 aromatic heterocycles. The van der Waals surface area contributed by atoms with E-state index in [0.717, 1.165) is 39.1 Å². The molecule has 0 aromatic carbocycles. The van der Waals surface area contributed by atoms with Crippen LogP contribution in [0.2, 0.25) is 0 Å². The number of urea groups is 1. The Morgan fingerprint density at radius 2 is 1.71 bits per heavy atom. The summed E-state index contributed by atoms with van der Waals surface area (Å²) in [6.45, 7) is 5.48. The Labute approximate surface area is 101 Å². The number of carbonyl (C=O) groups excluding carboxylic acids is 2. The summed E-state index contributed by atoms with van der Waals surface area (Å²) in [5.74, 6) is -0.340. The van der Waals surface area contributed by atoms with Gasteiger partial charge in [0.05, 0.1) is 6.54 Å². The van der Waals surface area contributed by atoms with Crippen molar-refractivity contribution in [3.8, 4) is 0 Å². The summed E-state index contributed by atoms with van der Waals surface area (Å²) in [6, 6.07) is -0.795. The fourth-order valence-corrected chi connectivity index (χ4v) is 1.87. The second-order valence-electron chi connectivity index (χ2n) is 4.17. The lowest BCUT2D eigenvalue weighted by molar-refractivity contribution is -0.121. The number of nitrogens with zero attached hydrogens (tertiary/aromatic N) is 2. The van der Waals surface area contributed by atoms with E-state index in [1.807, 2.05) is 4.90 Å². The molecule has 0 aromatic rings. The largest absolute Gasteiger partial charge is 0.351 e. The maximum atomic E-state index is 11.3. The Bertz CT molecular complexity index is 263. The first kappa shape index (κ1) is 13.9. The van der Waals surface area contributed by atoms with Crippen LogP contribution in [0.4, 0.5) is 4.79 Å². The zero-order chi connectivity index (χ0) is 12.7. The van der Waals surface area contributed by atoms with Crippen molar-refractivity contribution in [3.63, 3.8) is 0 Å². The Morgan fingerprint density at radius 1 is 1.12 bits per heavy atom. The zero-order valence-electron chi connectivity index (χ0n) is 10.0. The normalized spacial score (nSPS) is 17.9. The SMILES string of the molecule is NCCCN1CCN(CC(=O)NC(N)=O)CC1. The Kier molecular flexibility index (Phi) is 5.88. The van der Waals surface area contributed by atoms with E-state index in [1.165, 1.54) is 0 Å². The quantitative estimate of drug-likeness (QED) is 0.525. The van der Waals surface area contributed by atoms with E-state index in [9.17, 15) is 9.59 Å². The lowest BCUT2D eigenvalue weighted by atomic mass is 10.3. The monoisotopic (exact) mass is 243 g/mol. The highest BCUT2D eigenvalue weighted by Gasteiger charge is 2.18. The Hall–Kier alpha value is -1.18. The van der Waals surface area contributed by atoms with E-state index in [2.05, 4.69) is 10.2 Å². The van der Waals surface area contributed by atoms with Gasteiger partial charge in [-0.3, -0.25) is 15.0 Å². The third-order valence-corrected chi connectivity index (χ3v) is 2.77. The molecule has 0 atom stereocenters. The van der Waals surface area contributed by atoms with Gasteiger partial charge in [0.2, 0.25) is 5.91 Å². The topological polar surface area (TPSA) is 105 Å². The van der Waals surface area contributed by atoms with Gasteiger partial charge in [-0.25, -0.2) is 4.79 Å². The number of nitrogens with two attached hydrogens (primary N) is 2. The van der Waals surface area contributed by atoms with Crippen molar-refractivity contribution in [2.75, 3.05) is 45.8 Å². The predicted molar refractivity (Wildman–Crippen MR) is 64.3 cm³/mol. The molecule has 0 spiro atoms. The molecule has 7 heteroatoms. The fourth-order valence-electron chi connectivity index (χ4n) is 1.87. The van der Waals surface area contributed by atoms with Crippen LogP contribution in [0.15, 0.2) is 0 Å². The van der Waals surface area contributed by atoms with E-state index >= 15 is 0 Å². The molecule has 1 rings (SSSR count). The molecule has 1 aliphatic heterocycles. The molecule has 0 bridgehead atoms. The van der Waals surface area contributed by atoms with Crippen molar-refractivity contribution in [1.29, 1.82) is 0 Å². The van der Waals surface area contributed by atoms with E-state index in [-0.39, 0.29) is 12.5 Å². The average molecular weight is 243 g/mol. The lowest BCUT2D eigenvalue weighted by Crippen LogP contribution is -2.50. The molecular formula is C10H21N5O2. The van der Waals surface area contributed by atoms with Crippen molar-refractivity contribution >= 4 is 11.9 Å². The van der Waals surface area contributed by atoms with Gasteiger partial charge in [-0.2, -0.15) is 0 Å². The first-order valence-electron chi connectivity index (χ1n) is 5.86. The van der Waals surface area contributed by atoms with Crippen LogP contribution in [-0.4, -0.2) is 67.6 Å². The molecular weight excluding hydrogens is 222 g/mol. The number of imide groups is 1. The van der Waals surface area contributed by atoms with Gasteiger partial charge in [0.15, 0.2) is 0 Å². The van der Waals surface area contributed by atoms with Gasteiger partial charge in [-0.1, -0.05) is 0 Å². The van der Waals surface area contributed by atoms with E-state index in [0.29, 0.717) is 6.54 Å². The third-order valence-electron chi connectivity index (χ3n) is 2.77. The molecule has 5 N–H and O–H groups in total. The van der Waals surface area contributed by atoms with Crippen molar-refractivity contribution in [1.82, 2.24) is 15.1 Å². The van der Waals surface area contributed by atoms with Gasteiger partial charge >= 0.3 is 6.03 Å². The minimum atomic E-state index is -0.795. The zero-order valence-corrected chi connectivity index (χ0v) is 10.0. The number of hydrogen-bond acceptors (Lipinski definition) is 5. The number of primary amides is 1. The van der Waals surface area contributed by atoms with Gasteiger partial charge < -0.3 is 16.4 Å². The molecule has 0 unspecified atom stereocenters. The standard InChI is InChI=1S/C10H21N5O2/c11-2-1-3-14-4-6-15(7-5-14)8-9(16)13-10(12)17/h1-8,11H2,(H3,12,13,16,17). The summed E-state index contributed by atoms with van der Waals surface area (Å²) in [5, 5.41) is 2.06. The van der Waals surface area contributed by atoms with Gasteiger partial charge in [0.1, 0.15) is 0 Å². The number of nitrogens with one attached hydrogen (secondary N) is 1. The maximum absolute atomic E-state index is 11.3. The smallest absolute Gasteiger partial charge is 0.318 e. The first-order valence-corrected chi connectivity index (χ1v) is 5.86. The second kappa shape index (κ2) is 7.21. The first-order chi connectivity index (χ1) is 8.11. The van der Waals surface area contributed by atoms with Gasteiger partial charge in [0, 0.05) is 26.2 Å². The molecule has 3 amide bonds. The van der Waals surface area contributed by atoms with Crippen LogP contribution in [0, 0.1) is 0 Å². The fraction of sp³-hybridized carbons (Fsp3) is 0.800. The van der Waals surface area contributed by atoms with Crippen molar-refractivity contribution in [2.45, 2.75) is 6.42 Å². The molecule has 98 valence electrons. The Balaban J connectivity index is 2.18. The van der Waals surface area contributed by atoms with Gasteiger partial charge in [-0.05, 0) is 19.5 Å². The van der Waals surface area contributed by atoms with Crippen LogP contribution in [-0.2, 0) is 4.79 Å². The number of piperazine rings is 1. The molecule has 1 fully saturated rings. The molecule has 0 aliphatic carbocycles.